The smallest absolute Gasteiger partial charge is 0.236 e. The van der Waals surface area contributed by atoms with E-state index in [1.807, 2.05) is 0 Å². The number of hydrogen-bond donors (Lipinski definition) is 0. The van der Waals surface area contributed by atoms with Crippen LogP contribution in [0.4, 0.5) is 8.78 Å². The predicted molar refractivity (Wildman–Crippen MR) is 92.3 cm³/mol. The van der Waals surface area contributed by atoms with Gasteiger partial charge in [0.15, 0.2) is 0 Å². The highest BCUT2D eigenvalue weighted by molar-refractivity contribution is 5.77. The highest BCUT2D eigenvalue weighted by Gasteiger charge is 2.13. The van der Waals surface area contributed by atoms with Gasteiger partial charge in [0.25, 0.3) is 0 Å². The summed E-state index contributed by atoms with van der Waals surface area (Å²) < 4.78 is 32.1. The quantitative estimate of drug-likeness (QED) is 0.735. The number of halogens is 2. The summed E-state index contributed by atoms with van der Waals surface area (Å²) in [5, 5.41) is 0. The van der Waals surface area contributed by atoms with Crippen LogP contribution < -0.4 is 4.74 Å². The zero-order valence-electron chi connectivity index (χ0n) is 14.4. The Kier molecular flexibility index (Phi) is 6.89. The van der Waals surface area contributed by atoms with E-state index >= 15 is 0 Å². The molecule has 25 heavy (non-hydrogen) atoms. The van der Waals surface area contributed by atoms with Crippen molar-refractivity contribution in [1.82, 2.24) is 9.80 Å². The highest BCUT2D eigenvalue weighted by atomic mass is 19.1. The van der Waals surface area contributed by atoms with E-state index in [9.17, 15) is 13.6 Å². The van der Waals surface area contributed by atoms with E-state index in [0.717, 1.165) is 0 Å². The minimum Gasteiger partial charge on any atom is -0.492 e. The van der Waals surface area contributed by atoms with Gasteiger partial charge in [0, 0.05) is 31.8 Å². The van der Waals surface area contributed by atoms with Gasteiger partial charge in [-0.25, -0.2) is 8.78 Å². The third-order valence-corrected chi connectivity index (χ3v) is 3.73. The van der Waals surface area contributed by atoms with Gasteiger partial charge in [-0.1, -0.05) is 24.3 Å². The third-order valence-electron chi connectivity index (χ3n) is 3.73. The molecular formula is C19H22F2N2O2. The Morgan fingerprint density at radius 1 is 1.08 bits per heavy atom. The molecule has 134 valence electrons. The van der Waals surface area contributed by atoms with Crippen molar-refractivity contribution in [2.45, 2.75) is 6.54 Å². The molecule has 0 atom stereocenters. The molecule has 0 radical (unpaired) electrons. The Hall–Kier alpha value is -2.47. The van der Waals surface area contributed by atoms with Gasteiger partial charge in [-0.05, 0) is 25.2 Å². The molecule has 2 aromatic carbocycles. The fourth-order valence-corrected chi connectivity index (χ4v) is 2.28. The van der Waals surface area contributed by atoms with Gasteiger partial charge >= 0.3 is 0 Å². The zero-order chi connectivity index (χ0) is 18.2. The second-order valence-electron chi connectivity index (χ2n) is 5.88. The molecule has 6 heteroatoms. The summed E-state index contributed by atoms with van der Waals surface area (Å²) >= 11 is 0. The van der Waals surface area contributed by atoms with E-state index in [2.05, 4.69) is 0 Å². The minimum absolute atomic E-state index is 0.114. The SMILES string of the molecule is CN(CCOc1cccc(F)c1)CC(=O)N(C)Cc1ccccc1F. The van der Waals surface area contributed by atoms with Crippen LogP contribution in [0, 0.1) is 11.6 Å². The molecule has 0 aliphatic heterocycles. The van der Waals surface area contributed by atoms with Crippen molar-refractivity contribution in [2.75, 3.05) is 33.8 Å². The molecule has 0 N–H and O–H groups in total. The normalized spacial score (nSPS) is 10.8. The van der Waals surface area contributed by atoms with Crippen LogP contribution >= 0.6 is 0 Å². The first-order chi connectivity index (χ1) is 12.0. The van der Waals surface area contributed by atoms with Crippen LogP contribution in [0.25, 0.3) is 0 Å². The summed E-state index contributed by atoms with van der Waals surface area (Å²) in [6.45, 7) is 1.26. The number of amides is 1. The van der Waals surface area contributed by atoms with Gasteiger partial charge in [-0.3, -0.25) is 9.69 Å². The third kappa shape index (κ3) is 6.15. The Morgan fingerprint density at radius 2 is 1.84 bits per heavy atom. The summed E-state index contributed by atoms with van der Waals surface area (Å²) in [5.74, 6) is -0.331. The molecule has 0 aliphatic rings. The number of carbonyl (C=O) groups excluding carboxylic acids is 1. The lowest BCUT2D eigenvalue weighted by Crippen LogP contribution is -2.37. The second-order valence-corrected chi connectivity index (χ2v) is 5.88. The van der Waals surface area contributed by atoms with E-state index in [1.165, 1.54) is 23.1 Å². The van der Waals surface area contributed by atoms with Gasteiger partial charge in [0.1, 0.15) is 24.0 Å². The zero-order valence-corrected chi connectivity index (χ0v) is 14.4. The van der Waals surface area contributed by atoms with E-state index in [-0.39, 0.29) is 30.6 Å². The molecule has 2 rings (SSSR count). The first-order valence-corrected chi connectivity index (χ1v) is 8.00. The molecule has 0 saturated heterocycles. The molecule has 0 bridgehead atoms. The van der Waals surface area contributed by atoms with Crippen molar-refractivity contribution in [3.8, 4) is 5.75 Å². The summed E-state index contributed by atoms with van der Waals surface area (Å²) in [5.41, 5.74) is 0.482. The maximum Gasteiger partial charge on any atom is 0.236 e. The molecule has 4 nitrogen and oxygen atoms in total. The predicted octanol–water partition coefficient (Wildman–Crippen LogP) is 2.93. The molecule has 0 aromatic heterocycles. The van der Waals surface area contributed by atoms with Crippen LogP contribution in [-0.4, -0.2) is 49.5 Å². The molecule has 0 fully saturated rings. The molecule has 0 saturated carbocycles. The number of hydrogen-bond acceptors (Lipinski definition) is 3. The summed E-state index contributed by atoms with van der Waals surface area (Å²) in [7, 11) is 3.44. The molecule has 0 unspecified atom stereocenters. The van der Waals surface area contributed by atoms with Gasteiger partial charge < -0.3 is 9.64 Å². The lowest BCUT2D eigenvalue weighted by Gasteiger charge is -2.22. The second kappa shape index (κ2) is 9.13. The largest absolute Gasteiger partial charge is 0.492 e. The van der Waals surface area contributed by atoms with Crippen molar-refractivity contribution in [2.24, 2.45) is 0 Å². The van der Waals surface area contributed by atoms with Crippen molar-refractivity contribution >= 4 is 5.91 Å². The van der Waals surface area contributed by atoms with E-state index in [1.54, 1.807) is 49.3 Å². The maximum atomic E-state index is 13.6. The highest BCUT2D eigenvalue weighted by Crippen LogP contribution is 2.12. The fraction of sp³-hybridized carbons (Fsp3) is 0.316. The molecular weight excluding hydrogens is 326 g/mol. The Balaban J connectivity index is 1.74. The molecule has 0 aliphatic carbocycles. The Morgan fingerprint density at radius 3 is 2.56 bits per heavy atom. The number of likely N-dealkylation sites (N-methyl/N-ethyl adjacent to an activating group) is 2. The average Bonchev–Trinajstić information content (AvgIpc) is 2.57. The van der Waals surface area contributed by atoms with Crippen LogP contribution in [-0.2, 0) is 11.3 Å². The Bertz CT molecular complexity index is 709. The van der Waals surface area contributed by atoms with E-state index in [4.69, 9.17) is 4.74 Å². The number of rotatable bonds is 8. The first kappa shape index (κ1) is 18.9. The van der Waals surface area contributed by atoms with Crippen molar-refractivity contribution in [3.05, 3.63) is 65.7 Å². The summed E-state index contributed by atoms with van der Waals surface area (Å²) in [4.78, 5) is 15.5. The standard InChI is InChI=1S/C19H22F2N2O2/c1-22(10-11-25-17-8-5-7-16(20)12-17)14-19(24)23(2)13-15-6-3-4-9-18(15)21/h3-9,12H,10-11,13-14H2,1-2H3. The van der Waals surface area contributed by atoms with Crippen LogP contribution in [0.15, 0.2) is 48.5 Å². The van der Waals surface area contributed by atoms with Crippen LogP contribution in [0.1, 0.15) is 5.56 Å². The molecule has 0 spiro atoms. The summed E-state index contributed by atoms with van der Waals surface area (Å²) in [6.07, 6.45) is 0. The lowest BCUT2D eigenvalue weighted by molar-refractivity contribution is -0.131. The van der Waals surface area contributed by atoms with Crippen LogP contribution in [0.3, 0.4) is 0 Å². The number of carbonyl (C=O) groups is 1. The number of ether oxygens (including phenoxy) is 1. The monoisotopic (exact) mass is 348 g/mol. The van der Waals surface area contributed by atoms with Crippen LogP contribution in [0.5, 0.6) is 5.75 Å². The van der Waals surface area contributed by atoms with Gasteiger partial charge in [0.2, 0.25) is 5.91 Å². The number of nitrogens with zero attached hydrogens (tertiary/aromatic N) is 2. The van der Waals surface area contributed by atoms with E-state index < -0.39 is 0 Å². The minimum atomic E-state index is -0.351. The van der Waals surface area contributed by atoms with Gasteiger partial charge in [-0.2, -0.15) is 0 Å². The maximum absolute atomic E-state index is 13.6. The van der Waals surface area contributed by atoms with Crippen molar-refractivity contribution in [1.29, 1.82) is 0 Å². The topological polar surface area (TPSA) is 32.8 Å². The van der Waals surface area contributed by atoms with Gasteiger partial charge in [0.05, 0.1) is 6.54 Å². The Labute approximate surface area is 146 Å². The van der Waals surface area contributed by atoms with Crippen molar-refractivity contribution in [3.63, 3.8) is 0 Å². The fourth-order valence-electron chi connectivity index (χ4n) is 2.28. The molecule has 2 aromatic rings. The molecule has 0 heterocycles. The lowest BCUT2D eigenvalue weighted by atomic mass is 10.2. The van der Waals surface area contributed by atoms with E-state index in [0.29, 0.717) is 24.5 Å². The van der Waals surface area contributed by atoms with Gasteiger partial charge in [-0.15, -0.1) is 0 Å². The average molecular weight is 348 g/mol. The van der Waals surface area contributed by atoms with Crippen LogP contribution in [0.2, 0.25) is 0 Å². The number of benzene rings is 2. The first-order valence-electron chi connectivity index (χ1n) is 8.00. The molecule has 1 amide bonds. The van der Waals surface area contributed by atoms with Crippen molar-refractivity contribution < 1.29 is 18.3 Å². The summed E-state index contributed by atoms with van der Waals surface area (Å²) in [6, 6.07) is 12.3.